The Morgan fingerprint density at radius 2 is 1.73 bits per heavy atom. The van der Waals surface area contributed by atoms with Crippen molar-refractivity contribution in [1.29, 1.82) is 0 Å². The van der Waals surface area contributed by atoms with E-state index in [0.29, 0.717) is 12.0 Å². The quantitative estimate of drug-likeness (QED) is 0.474. The molecule has 2 heteroatoms. The molecule has 11 heavy (non-hydrogen) atoms. The molecule has 2 nitrogen and oxygen atoms in total. The molecule has 0 amide bonds. The molecule has 0 spiro atoms. The summed E-state index contributed by atoms with van der Waals surface area (Å²) >= 11 is 0. The number of hydrogen-bond acceptors (Lipinski definition) is 1. The average molecular weight is 152 g/mol. The molecule has 0 atom stereocenters. The second-order valence-electron chi connectivity index (χ2n) is 3.77. The smallest absolute Gasteiger partial charge is 0.0971 e. The van der Waals surface area contributed by atoms with Gasteiger partial charge in [0.15, 0.2) is 0 Å². The van der Waals surface area contributed by atoms with Crippen molar-refractivity contribution in [2.75, 3.05) is 0 Å². The summed E-state index contributed by atoms with van der Waals surface area (Å²) in [5.41, 5.74) is 5.87. The van der Waals surface area contributed by atoms with E-state index in [1.165, 1.54) is 38.5 Å². The van der Waals surface area contributed by atoms with Crippen LogP contribution in [0.1, 0.15) is 38.5 Å². The van der Waals surface area contributed by atoms with Gasteiger partial charge in [0.2, 0.25) is 0 Å². The van der Waals surface area contributed by atoms with Gasteiger partial charge in [0.1, 0.15) is 0 Å². The molecule has 0 aromatic heterocycles. The van der Waals surface area contributed by atoms with Crippen molar-refractivity contribution in [2.24, 2.45) is 16.6 Å². The molecular weight excluding hydrogens is 136 g/mol. The summed E-state index contributed by atoms with van der Waals surface area (Å²) in [6.45, 7) is 0. The van der Waals surface area contributed by atoms with Gasteiger partial charge in [-0.05, 0) is 25.7 Å². The number of hydrogen-bond donors (Lipinski definition) is 1. The topological polar surface area (TPSA) is 38.4 Å². The summed E-state index contributed by atoms with van der Waals surface area (Å²) in [5, 5.41) is 0. The van der Waals surface area contributed by atoms with Crippen molar-refractivity contribution in [3.63, 3.8) is 0 Å². The van der Waals surface area contributed by atoms with Crippen LogP contribution < -0.4 is 5.73 Å². The third kappa shape index (κ3) is 1.73. The first-order chi connectivity index (χ1) is 5.36. The highest BCUT2D eigenvalue weighted by Gasteiger charge is 2.24. The normalized spacial score (nSPS) is 27.8. The molecule has 2 aliphatic carbocycles. The molecule has 2 fully saturated rings. The van der Waals surface area contributed by atoms with Crippen LogP contribution in [0.5, 0.6) is 0 Å². The second-order valence-corrected chi connectivity index (χ2v) is 3.77. The van der Waals surface area contributed by atoms with Crippen molar-refractivity contribution in [3.05, 3.63) is 0 Å². The molecule has 0 heterocycles. The lowest BCUT2D eigenvalue weighted by molar-refractivity contribution is 0.715. The highest BCUT2D eigenvalue weighted by atomic mass is 14.9. The van der Waals surface area contributed by atoms with E-state index in [1.54, 1.807) is 0 Å². The maximum absolute atomic E-state index is 5.87. The molecule has 0 unspecified atom stereocenters. The third-order valence-corrected chi connectivity index (χ3v) is 2.65. The largest absolute Gasteiger partial charge is 0.387 e. The fourth-order valence-electron chi connectivity index (χ4n) is 1.74. The van der Waals surface area contributed by atoms with E-state index in [-0.39, 0.29) is 0 Å². The Morgan fingerprint density at radius 1 is 1.09 bits per heavy atom. The molecule has 0 aromatic rings. The summed E-state index contributed by atoms with van der Waals surface area (Å²) < 4.78 is 0. The maximum Gasteiger partial charge on any atom is 0.0971 e. The Hall–Kier alpha value is -0.530. The van der Waals surface area contributed by atoms with Gasteiger partial charge in [0.05, 0.1) is 11.9 Å². The lowest BCUT2D eigenvalue weighted by atomic mass is 10.1. The SMILES string of the molecule is NC(=NC1CC1)C1CCCC1. The summed E-state index contributed by atoms with van der Waals surface area (Å²) in [5.74, 6) is 1.58. The minimum Gasteiger partial charge on any atom is -0.387 e. The van der Waals surface area contributed by atoms with Crippen LogP contribution in [0.3, 0.4) is 0 Å². The Balaban J connectivity index is 1.90. The van der Waals surface area contributed by atoms with E-state index in [4.69, 9.17) is 5.73 Å². The van der Waals surface area contributed by atoms with Crippen molar-refractivity contribution in [2.45, 2.75) is 44.6 Å². The highest BCUT2D eigenvalue weighted by molar-refractivity contribution is 5.83. The molecule has 0 aliphatic heterocycles. The minimum absolute atomic E-state index is 0.607. The molecule has 2 aliphatic rings. The molecule has 0 aromatic carbocycles. The fraction of sp³-hybridized carbons (Fsp3) is 0.889. The Kier molecular flexibility index (Phi) is 1.84. The summed E-state index contributed by atoms with van der Waals surface area (Å²) in [6.07, 6.45) is 7.81. The van der Waals surface area contributed by atoms with Gasteiger partial charge in [-0.2, -0.15) is 0 Å². The van der Waals surface area contributed by atoms with Crippen LogP contribution in [-0.2, 0) is 0 Å². The molecule has 2 N–H and O–H groups in total. The third-order valence-electron chi connectivity index (χ3n) is 2.65. The standard InChI is InChI=1S/C9H16N2/c10-9(11-8-5-6-8)7-3-1-2-4-7/h7-8H,1-6H2,(H2,10,11). The summed E-state index contributed by atoms with van der Waals surface area (Å²) in [6, 6.07) is 0.607. The Labute approximate surface area is 67.9 Å². The lowest BCUT2D eigenvalue weighted by Crippen LogP contribution is -2.21. The van der Waals surface area contributed by atoms with E-state index in [9.17, 15) is 0 Å². The number of nitrogens with two attached hydrogens (primary N) is 1. The maximum atomic E-state index is 5.87. The van der Waals surface area contributed by atoms with Crippen molar-refractivity contribution >= 4 is 5.84 Å². The first-order valence-electron chi connectivity index (χ1n) is 4.69. The van der Waals surface area contributed by atoms with Gasteiger partial charge < -0.3 is 5.73 Å². The van der Waals surface area contributed by atoms with Gasteiger partial charge in [0.25, 0.3) is 0 Å². The number of rotatable bonds is 2. The lowest BCUT2D eigenvalue weighted by Gasteiger charge is -2.06. The number of aliphatic imine (C=N–C) groups is 1. The van der Waals surface area contributed by atoms with Gasteiger partial charge >= 0.3 is 0 Å². The predicted molar refractivity (Wildman–Crippen MR) is 46.6 cm³/mol. The van der Waals surface area contributed by atoms with Crippen LogP contribution >= 0.6 is 0 Å². The van der Waals surface area contributed by atoms with Crippen LogP contribution in [0, 0.1) is 5.92 Å². The number of nitrogens with zero attached hydrogens (tertiary/aromatic N) is 1. The number of amidine groups is 1. The van der Waals surface area contributed by atoms with Crippen molar-refractivity contribution in [3.8, 4) is 0 Å². The fourth-order valence-corrected chi connectivity index (χ4v) is 1.74. The van der Waals surface area contributed by atoms with E-state index < -0.39 is 0 Å². The van der Waals surface area contributed by atoms with E-state index in [2.05, 4.69) is 4.99 Å². The zero-order valence-electron chi connectivity index (χ0n) is 6.92. The van der Waals surface area contributed by atoms with Gasteiger partial charge in [-0.25, -0.2) is 0 Å². The van der Waals surface area contributed by atoms with Gasteiger partial charge in [-0.1, -0.05) is 12.8 Å². The molecule has 62 valence electrons. The van der Waals surface area contributed by atoms with E-state index in [1.807, 2.05) is 0 Å². The molecule has 0 radical (unpaired) electrons. The van der Waals surface area contributed by atoms with Crippen molar-refractivity contribution < 1.29 is 0 Å². The monoisotopic (exact) mass is 152 g/mol. The molecule has 2 saturated carbocycles. The van der Waals surface area contributed by atoms with Crippen LogP contribution in [0.2, 0.25) is 0 Å². The Morgan fingerprint density at radius 3 is 2.27 bits per heavy atom. The minimum atomic E-state index is 0.607. The summed E-state index contributed by atoms with van der Waals surface area (Å²) in [7, 11) is 0. The second kappa shape index (κ2) is 2.84. The zero-order chi connectivity index (χ0) is 7.68. The van der Waals surface area contributed by atoms with Crippen molar-refractivity contribution in [1.82, 2.24) is 0 Å². The van der Waals surface area contributed by atoms with Crippen LogP contribution in [0.25, 0.3) is 0 Å². The molecule has 2 rings (SSSR count). The highest BCUT2D eigenvalue weighted by Crippen LogP contribution is 2.28. The van der Waals surface area contributed by atoms with E-state index >= 15 is 0 Å². The van der Waals surface area contributed by atoms with Gasteiger partial charge in [0, 0.05) is 5.92 Å². The zero-order valence-corrected chi connectivity index (χ0v) is 6.92. The predicted octanol–water partition coefficient (Wildman–Crippen LogP) is 1.70. The van der Waals surface area contributed by atoms with Gasteiger partial charge in [-0.15, -0.1) is 0 Å². The van der Waals surface area contributed by atoms with Crippen LogP contribution in [0.4, 0.5) is 0 Å². The van der Waals surface area contributed by atoms with E-state index in [0.717, 1.165) is 5.84 Å². The average Bonchev–Trinajstić information content (AvgIpc) is 2.67. The Bertz CT molecular complexity index is 164. The molecule has 0 bridgehead atoms. The first kappa shape index (κ1) is 7.14. The molecular formula is C9H16N2. The molecule has 0 saturated heterocycles. The van der Waals surface area contributed by atoms with Crippen LogP contribution in [-0.4, -0.2) is 11.9 Å². The first-order valence-corrected chi connectivity index (χ1v) is 4.69. The summed E-state index contributed by atoms with van der Waals surface area (Å²) in [4.78, 5) is 4.46. The van der Waals surface area contributed by atoms with Gasteiger partial charge in [-0.3, -0.25) is 4.99 Å². The van der Waals surface area contributed by atoms with Crippen LogP contribution in [0.15, 0.2) is 4.99 Å².